The van der Waals surface area contributed by atoms with Gasteiger partial charge in [-0.3, -0.25) is 4.79 Å². The molecule has 106 valence electrons. The third kappa shape index (κ3) is 5.85. The molecule has 3 atom stereocenters. The van der Waals surface area contributed by atoms with Crippen molar-refractivity contribution < 1.29 is 14.3 Å². The van der Waals surface area contributed by atoms with E-state index in [1.807, 2.05) is 6.92 Å². The number of rotatable bonds is 4. The third-order valence-electron chi connectivity index (χ3n) is 3.38. The Morgan fingerprint density at radius 1 is 1.39 bits per heavy atom. The summed E-state index contributed by atoms with van der Waals surface area (Å²) in [6.45, 7) is 11.7. The molecule has 1 saturated heterocycles. The minimum Gasteiger partial charge on any atom is -0.465 e. The molecule has 1 rings (SSSR count). The lowest BCUT2D eigenvalue weighted by Crippen LogP contribution is -2.29. The smallest absolute Gasteiger partial charge is 0.308 e. The van der Waals surface area contributed by atoms with Crippen molar-refractivity contribution in [3.8, 4) is 0 Å². The van der Waals surface area contributed by atoms with Gasteiger partial charge in [0.1, 0.15) is 0 Å². The first-order chi connectivity index (χ1) is 8.28. The summed E-state index contributed by atoms with van der Waals surface area (Å²) >= 11 is 0. The van der Waals surface area contributed by atoms with Gasteiger partial charge in [-0.2, -0.15) is 0 Å². The number of esters is 1. The quantitative estimate of drug-likeness (QED) is 0.723. The Labute approximate surface area is 111 Å². The second-order valence-electron chi connectivity index (χ2n) is 6.88. The Balaban J connectivity index is 2.24. The van der Waals surface area contributed by atoms with Gasteiger partial charge in [0.25, 0.3) is 0 Å². The summed E-state index contributed by atoms with van der Waals surface area (Å²) in [6.07, 6.45) is 3.39. The van der Waals surface area contributed by atoms with Crippen LogP contribution < -0.4 is 0 Å². The van der Waals surface area contributed by atoms with E-state index in [0.717, 1.165) is 25.9 Å². The van der Waals surface area contributed by atoms with Gasteiger partial charge >= 0.3 is 5.97 Å². The molecule has 0 amide bonds. The van der Waals surface area contributed by atoms with E-state index >= 15 is 0 Å². The molecule has 1 heterocycles. The summed E-state index contributed by atoms with van der Waals surface area (Å²) in [5.41, 5.74) is 0.168. The second kappa shape index (κ2) is 6.55. The minimum absolute atomic E-state index is 0.0200. The molecule has 1 aliphatic heterocycles. The van der Waals surface area contributed by atoms with Gasteiger partial charge in [0.2, 0.25) is 0 Å². The van der Waals surface area contributed by atoms with Gasteiger partial charge in [-0.25, -0.2) is 0 Å². The van der Waals surface area contributed by atoms with Gasteiger partial charge in [-0.15, -0.1) is 0 Å². The predicted molar refractivity (Wildman–Crippen MR) is 72.3 cm³/mol. The van der Waals surface area contributed by atoms with Crippen molar-refractivity contribution in [2.24, 2.45) is 17.3 Å². The molecule has 18 heavy (non-hydrogen) atoms. The SMILES string of the molecule is CC1CCC(COC(=O)C(C)CC(C)(C)C)CO1. The average Bonchev–Trinajstić information content (AvgIpc) is 2.25. The van der Waals surface area contributed by atoms with Crippen LogP contribution in [-0.4, -0.2) is 25.3 Å². The highest BCUT2D eigenvalue weighted by atomic mass is 16.5. The topological polar surface area (TPSA) is 35.5 Å². The van der Waals surface area contributed by atoms with Crippen LogP contribution in [0.1, 0.15) is 53.9 Å². The maximum absolute atomic E-state index is 11.9. The van der Waals surface area contributed by atoms with E-state index in [9.17, 15) is 4.79 Å². The highest BCUT2D eigenvalue weighted by Crippen LogP contribution is 2.25. The van der Waals surface area contributed by atoms with Crippen LogP contribution in [0.4, 0.5) is 0 Å². The molecule has 3 unspecified atom stereocenters. The number of carbonyl (C=O) groups is 1. The average molecular weight is 256 g/mol. The van der Waals surface area contributed by atoms with Crippen LogP contribution in [-0.2, 0) is 14.3 Å². The number of hydrogen-bond acceptors (Lipinski definition) is 3. The fourth-order valence-electron chi connectivity index (χ4n) is 2.41. The lowest BCUT2D eigenvalue weighted by atomic mass is 9.85. The molecule has 0 aromatic carbocycles. The zero-order valence-corrected chi connectivity index (χ0v) is 12.5. The van der Waals surface area contributed by atoms with Crippen LogP contribution >= 0.6 is 0 Å². The maximum Gasteiger partial charge on any atom is 0.308 e. The Kier molecular flexibility index (Phi) is 5.64. The van der Waals surface area contributed by atoms with Crippen molar-refractivity contribution in [1.29, 1.82) is 0 Å². The molecule has 0 saturated carbocycles. The molecule has 3 nitrogen and oxygen atoms in total. The van der Waals surface area contributed by atoms with E-state index in [-0.39, 0.29) is 17.3 Å². The van der Waals surface area contributed by atoms with E-state index in [2.05, 4.69) is 27.7 Å². The van der Waals surface area contributed by atoms with Gasteiger partial charge in [0, 0.05) is 5.92 Å². The molecule has 0 radical (unpaired) electrons. The predicted octanol–water partition coefficient (Wildman–Crippen LogP) is 3.42. The van der Waals surface area contributed by atoms with Crippen molar-refractivity contribution in [3.63, 3.8) is 0 Å². The summed E-state index contributed by atoms with van der Waals surface area (Å²) in [5, 5.41) is 0. The Bertz CT molecular complexity index is 259. The fraction of sp³-hybridized carbons (Fsp3) is 0.933. The normalized spacial score (nSPS) is 26.7. The van der Waals surface area contributed by atoms with E-state index < -0.39 is 0 Å². The molecule has 0 spiro atoms. The molecular weight excluding hydrogens is 228 g/mol. The number of carbonyl (C=O) groups excluding carboxylic acids is 1. The summed E-state index contributed by atoms with van der Waals surface area (Å²) in [6, 6.07) is 0. The molecular formula is C15H28O3. The van der Waals surface area contributed by atoms with Crippen LogP contribution in [0, 0.1) is 17.3 Å². The first kappa shape index (κ1) is 15.5. The van der Waals surface area contributed by atoms with Gasteiger partial charge in [0.15, 0.2) is 0 Å². The molecule has 0 aliphatic carbocycles. The number of hydrogen-bond donors (Lipinski definition) is 0. The number of ether oxygens (including phenoxy) is 2. The van der Waals surface area contributed by atoms with Crippen LogP contribution in [0.3, 0.4) is 0 Å². The summed E-state index contributed by atoms with van der Waals surface area (Å²) in [5.74, 6) is 0.295. The molecule has 1 fully saturated rings. The summed E-state index contributed by atoms with van der Waals surface area (Å²) in [7, 11) is 0. The molecule has 0 bridgehead atoms. The molecule has 0 N–H and O–H groups in total. The molecule has 0 aromatic heterocycles. The van der Waals surface area contributed by atoms with Gasteiger partial charge in [0.05, 0.1) is 25.2 Å². The highest BCUT2D eigenvalue weighted by molar-refractivity contribution is 5.72. The standard InChI is InChI=1S/C15H28O3/c1-11(8-15(3,4)5)14(16)18-10-13-7-6-12(2)17-9-13/h11-13H,6-10H2,1-5H3. The zero-order valence-electron chi connectivity index (χ0n) is 12.5. The monoisotopic (exact) mass is 256 g/mol. The molecule has 1 aliphatic rings. The maximum atomic E-state index is 11.9. The van der Waals surface area contributed by atoms with Crippen molar-refractivity contribution in [2.45, 2.75) is 60.0 Å². The summed E-state index contributed by atoms with van der Waals surface area (Å²) < 4.78 is 11.0. The van der Waals surface area contributed by atoms with Gasteiger partial charge in [-0.1, -0.05) is 27.7 Å². The van der Waals surface area contributed by atoms with E-state index in [0.29, 0.717) is 18.6 Å². The van der Waals surface area contributed by atoms with Gasteiger partial charge in [-0.05, 0) is 31.6 Å². The van der Waals surface area contributed by atoms with Crippen molar-refractivity contribution in [1.82, 2.24) is 0 Å². The van der Waals surface area contributed by atoms with E-state index in [1.165, 1.54) is 0 Å². The van der Waals surface area contributed by atoms with Crippen molar-refractivity contribution >= 4 is 5.97 Å². The lowest BCUT2D eigenvalue weighted by Gasteiger charge is -2.27. The van der Waals surface area contributed by atoms with E-state index in [4.69, 9.17) is 9.47 Å². The third-order valence-corrected chi connectivity index (χ3v) is 3.38. The second-order valence-corrected chi connectivity index (χ2v) is 6.88. The van der Waals surface area contributed by atoms with Crippen LogP contribution in [0.25, 0.3) is 0 Å². The Hall–Kier alpha value is -0.570. The summed E-state index contributed by atoms with van der Waals surface area (Å²) in [4.78, 5) is 11.9. The minimum atomic E-state index is -0.0662. The lowest BCUT2D eigenvalue weighted by molar-refractivity contribution is -0.152. The Morgan fingerprint density at radius 2 is 2.06 bits per heavy atom. The fourth-order valence-corrected chi connectivity index (χ4v) is 2.41. The van der Waals surface area contributed by atoms with Crippen LogP contribution in [0.15, 0.2) is 0 Å². The zero-order chi connectivity index (χ0) is 13.8. The largest absolute Gasteiger partial charge is 0.465 e. The van der Waals surface area contributed by atoms with E-state index in [1.54, 1.807) is 0 Å². The van der Waals surface area contributed by atoms with Gasteiger partial charge < -0.3 is 9.47 Å². The van der Waals surface area contributed by atoms with Crippen molar-refractivity contribution in [3.05, 3.63) is 0 Å². The Morgan fingerprint density at radius 3 is 2.56 bits per heavy atom. The molecule has 0 aromatic rings. The molecule has 3 heteroatoms. The van der Waals surface area contributed by atoms with Crippen LogP contribution in [0.5, 0.6) is 0 Å². The first-order valence-electron chi connectivity index (χ1n) is 7.06. The first-order valence-corrected chi connectivity index (χ1v) is 7.06. The van der Waals surface area contributed by atoms with Crippen molar-refractivity contribution in [2.75, 3.05) is 13.2 Å². The highest BCUT2D eigenvalue weighted by Gasteiger charge is 2.24. The van der Waals surface area contributed by atoms with Crippen LogP contribution in [0.2, 0.25) is 0 Å².